The van der Waals surface area contributed by atoms with Gasteiger partial charge in [-0.3, -0.25) is 4.79 Å². The molecule has 1 saturated heterocycles. The van der Waals surface area contributed by atoms with Gasteiger partial charge < -0.3 is 19.5 Å². The fraction of sp³-hybridized carbons (Fsp3) is 0.350. The summed E-state index contributed by atoms with van der Waals surface area (Å²) in [5, 5.41) is 2.63. The van der Waals surface area contributed by atoms with E-state index in [9.17, 15) is 17.6 Å². The largest absolute Gasteiger partial charge is 0.486 e. The maximum absolute atomic E-state index is 14.3. The lowest BCUT2D eigenvalue weighted by molar-refractivity contribution is -0.113. The third-order valence-corrected chi connectivity index (χ3v) is 7.59. The van der Waals surface area contributed by atoms with Gasteiger partial charge in [-0.25, -0.2) is 12.8 Å². The molecule has 4 rings (SSSR count). The van der Waals surface area contributed by atoms with Crippen molar-refractivity contribution in [3.8, 4) is 11.5 Å². The minimum Gasteiger partial charge on any atom is -0.486 e. The van der Waals surface area contributed by atoms with Crippen molar-refractivity contribution in [2.24, 2.45) is 0 Å². The van der Waals surface area contributed by atoms with Gasteiger partial charge in [-0.05, 0) is 36.4 Å². The first-order chi connectivity index (χ1) is 14.9. The zero-order chi connectivity index (χ0) is 21.8. The van der Waals surface area contributed by atoms with Gasteiger partial charge in [-0.2, -0.15) is 4.31 Å². The average Bonchev–Trinajstić information content (AvgIpc) is 2.79. The number of morpholine rings is 1. The van der Waals surface area contributed by atoms with Gasteiger partial charge >= 0.3 is 0 Å². The summed E-state index contributed by atoms with van der Waals surface area (Å²) in [4.78, 5) is 12.7. The molecule has 2 heterocycles. The number of hydrogen-bond acceptors (Lipinski definition) is 7. The van der Waals surface area contributed by atoms with Crippen LogP contribution >= 0.6 is 11.8 Å². The third kappa shape index (κ3) is 5.12. The van der Waals surface area contributed by atoms with Crippen molar-refractivity contribution < 1.29 is 31.8 Å². The number of benzene rings is 2. The van der Waals surface area contributed by atoms with Gasteiger partial charge in [0.25, 0.3) is 0 Å². The molecule has 11 heteroatoms. The summed E-state index contributed by atoms with van der Waals surface area (Å²) >= 11 is 1.29. The van der Waals surface area contributed by atoms with Crippen LogP contribution in [0.4, 0.5) is 10.1 Å². The Kier molecular flexibility index (Phi) is 6.65. The predicted octanol–water partition coefficient (Wildman–Crippen LogP) is 2.35. The number of sulfonamides is 1. The summed E-state index contributed by atoms with van der Waals surface area (Å²) in [5.41, 5.74) is 0.209. The van der Waals surface area contributed by atoms with Crippen molar-refractivity contribution in [3.05, 3.63) is 42.2 Å². The molecule has 0 radical (unpaired) electrons. The van der Waals surface area contributed by atoms with E-state index in [1.54, 1.807) is 12.1 Å². The number of anilines is 1. The number of carbonyl (C=O) groups excluding carboxylic acids is 1. The topological polar surface area (TPSA) is 94.2 Å². The van der Waals surface area contributed by atoms with Crippen molar-refractivity contribution in [1.29, 1.82) is 0 Å². The number of halogens is 1. The van der Waals surface area contributed by atoms with Gasteiger partial charge in [0.1, 0.15) is 23.9 Å². The van der Waals surface area contributed by atoms with E-state index in [1.807, 2.05) is 6.07 Å². The second kappa shape index (κ2) is 9.43. The predicted molar refractivity (Wildman–Crippen MR) is 113 cm³/mol. The molecular formula is C20H21FN2O6S2. The summed E-state index contributed by atoms with van der Waals surface area (Å²) in [7, 11) is -4.02. The van der Waals surface area contributed by atoms with Crippen LogP contribution < -0.4 is 14.8 Å². The molecule has 1 N–H and O–H groups in total. The zero-order valence-corrected chi connectivity index (χ0v) is 18.1. The highest BCUT2D eigenvalue weighted by molar-refractivity contribution is 8.00. The van der Waals surface area contributed by atoms with E-state index >= 15 is 0 Å². The van der Waals surface area contributed by atoms with Gasteiger partial charge in [-0.15, -0.1) is 11.8 Å². The second-order valence-corrected chi connectivity index (χ2v) is 9.76. The Morgan fingerprint density at radius 1 is 1.03 bits per heavy atom. The Morgan fingerprint density at radius 3 is 2.55 bits per heavy atom. The van der Waals surface area contributed by atoms with Crippen LogP contribution in [0, 0.1) is 5.82 Å². The SMILES string of the molecule is O=C(CSc1ccc2c(c1)OCCO2)Nc1ccc(F)c(S(=O)(=O)N2CCOCC2)c1. The normalized spacial score (nSPS) is 16.7. The quantitative estimate of drug-likeness (QED) is 0.651. The van der Waals surface area contributed by atoms with E-state index in [2.05, 4.69) is 5.32 Å². The smallest absolute Gasteiger partial charge is 0.246 e. The van der Waals surface area contributed by atoms with Gasteiger partial charge in [0.2, 0.25) is 15.9 Å². The number of amides is 1. The minimum absolute atomic E-state index is 0.0859. The molecule has 0 saturated carbocycles. The Morgan fingerprint density at radius 2 is 1.77 bits per heavy atom. The molecule has 8 nitrogen and oxygen atoms in total. The van der Waals surface area contributed by atoms with E-state index in [0.29, 0.717) is 24.7 Å². The molecule has 0 aromatic heterocycles. The van der Waals surface area contributed by atoms with Crippen LogP contribution in [0.5, 0.6) is 11.5 Å². The lowest BCUT2D eigenvalue weighted by atomic mass is 10.3. The summed E-state index contributed by atoms with van der Waals surface area (Å²) in [6, 6.07) is 8.94. The van der Waals surface area contributed by atoms with E-state index in [4.69, 9.17) is 14.2 Å². The monoisotopic (exact) mass is 468 g/mol. The molecule has 1 fully saturated rings. The number of nitrogens with zero attached hydrogens (tertiary/aromatic N) is 1. The first-order valence-electron chi connectivity index (χ1n) is 9.63. The van der Waals surface area contributed by atoms with Crippen molar-refractivity contribution in [1.82, 2.24) is 4.31 Å². The van der Waals surface area contributed by atoms with Crippen LogP contribution in [0.1, 0.15) is 0 Å². The Hall–Kier alpha value is -2.34. The molecule has 2 aromatic rings. The highest BCUT2D eigenvalue weighted by Gasteiger charge is 2.29. The number of carbonyl (C=O) groups is 1. The fourth-order valence-corrected chi connectivity index (χ4v) is 5.39. The van der Waals surface area contributed by atoms with Gasteiger partial charge in [0.15, 0.2) is 11.5 Å². The van der Waals surface area contributed by atoms with E-state index in [1.165, 1.54) is 22.1 Å². The number of fused-ring (bicyclic) bond motifs is 1. The summed E-state index contributed by atoms with van der Waals surface area (Å²) in [6.07, 6.45) is 0. The van der Waals surface area contributed by atoms with Crippen LogP contribution in [0.25, 0.3) is 0 Å². The second-order valence-electron chi connectivity index (χ2n) is 6.80. The third-order valence-electron chi connectivity index (χ3n) is 4.69. The van der Waals surface area contributed by atoms with Crippen molar-refractivity contribution in [3.63, 3.8) is 0 Å². The highest BCUT2D eigenvalue weighted by Crippen LogP contribution is 2.34. The summed E-state index contributed by atoms with van der Waals surface area (Å²) in [5.74, 6) is 0.174. The van der Waals surface area contributed by atoms with E-state index in [0.717, 1.165) is 17.0 Å². The van der Waals surface area contributed by atoms with Crippen LogP contribution in [-0.2, 0) is 19.6 Å². The van der Waals surface area contributed by atoms with Crippen LogP contribution in [0.3, 0.4) is 0 Å². The van der Waals surface area contributed by atoms with Gasteiger partial charge in [0, 0.05) is 23.7 Å². The van der Waals surface area contributed by atoms with Gasteiger partial charge in [0.05, 0.1) is 19.0 Å². The summed E-state index contributed by atoms with van der Waals surface area (Å²) in [6.45, 7) is 1.81. The van der Waals surface area contributed by atoms with E-state index < -0.39 is 20.7 Å². The highest BCUT2D eigenvalue weighted by atomic mass is 32.2. The summed E-state index contributed by atoms with van der Waals surface area (Å²) < 4.78 is 57.2. The first-order valence-corrected chi connectivity index (χ1v) is 12.1. The molecule has 2 aromatic carbocycles. The van der Waals surface area contributed by atoms with E-state index in [-0.39, 0.29) is 43.7 Å². The Balaban J connectivity index is 1.41. The number of rotatable bonds is 6. The standard InChI is InChI=1S/C20H21FN2O6S2/c21-16-3-1-14(11-19(16)31(25,26)23-5-7-27-8-6-23)22-20(24)13-30-15-2-4-17-18(12-15)29-10-9-28-17/h1-4,11-12H,5-10,13H2,(H,22,24). The average molecular weight is 469 g/mol. The molecule has 0 bridgehead atoms. The molecule has 1 amide bonds. The van der Waals surface area contributed by atoms with Crippen LogP contribution in [0.2, 0.25) is 0 Å². The molecule has 0 unspecified atom stereocenters. The maximum Gasteiger partial charge on any atom is 0.246 e. The zero-order valence-electron chi connectivity index (χ0n) is 16.5. The molecule has 0 aliphatic carbocycles. The lowest BCUT2D eigenvalue weighted by Crippen LogP contribution is -2.40. The van der Waals surface area contributed by atoms with Crippen LogP contribution in [0.15, 0.2) is 46.2 Å². The van der Waals surface area contributed by atoms with Crippen molar-refractivity contribution >= 4 is 33.4 Å². The molecule has 0 spiro atoms. The minimum atomic E-state index is -4.02. The number of ether oxygens (including phenoxy) is 3. The Bertz CT molecular complexity index is 1070. The molecular weight excluding hydrogens is 447 g/mol. The molecule has 2 aliphatic heterocycles. The number of thioether (sulfide) groups is 1. The maximum atomic E-state index is 14.3. The molecule has 2 aliphatic rings. The molecule has 31 heavy (non-hydrogen) atoms. The van der Waals surface area contributed by atoms with Gasteiger partial charge in [-0.1, -0.05) is 0 Å². The van der Waals surface area contributed by atoms with Crippen molar-refractivity contribution in [2.45, 2.75) is 9.79 Å². The Labute approximate surface area is 183 Å². The number of nitrogens with one attached hydrogen (secondary N) is 1. The molecule has 166 valence electrons. The molecule has 0 atom stereocenters. The van der Waals surface area contributed by atoms with Crippen LogP contribution in [-0.4, -0.2) is 63.9 Å². The fourth-order valence-electron chi connectivity index (χ4n) is 3.16. The lowest BCUT2D eigenvalue weighted by Gasteiger charge is -2.26. The number of hydrogen-bond donors (Lipinski definition) is 1. The first kappa shape index (κ1) is 21.9. The van der Waals surface area contributed by atoms with Crippen molar-refractivity contribution in [2.75, 3.05) is 50.6 Å².